The van der Waals surface area contributed by atoms with Gasteiger partial charge in [-0.3, -0.25) is 4.90 Å². The molecular weight excluding hydrogens is 170 g/mol. The van der Waals surface area contributed by atoms with Crippen molar-refractivity contribution in [3.63, 3.8) is 0 Å². The van der Waals surface area contributed by atoms with Crippen LogP contribution >= 0.6 is 0 Å². The molecule has 0 saturated carbocycles. The first-order valence-corrected chi connectivity index (χ1v) is 4.67. The lowest BCUT2D eigenvalue weighted by Crippen LogP contribution is -2.30. The number of nitrogens with zero attached hydrogens (tertiary/aromatic N) is 1. The van der Waals surface area contributed by atoms with Crippen LogP contribution in [-0.2, 0) is 9.53 Å². The average molecular weight is 187 g/mol. The van der Waals surface area contributed by atoms with Crippen LogP contribution in [0.5, 0.6) is 0 Å². The lowest BCUT2D eigenvalue weighted by Gasteiger charge is -2.19. The molecule has 0 radical (unpaired) electrons. The van der Waals surface area contributed by atoms with E-state index in [-0.39, 0.29) is 12.7 Å². The Labute approximate surface area is 78.5 Å². The summed E-state index contributed by atoms with van der Waals surface area (Å²) in [4.78, 5) is 12.5. The number of ether oxygens (including phenoxy) is 1. The van der Waals surface area contributed by atoms with E-state index >= 15 is 0 Å². The summed E-state index contributed by atoms with van der Waals surface area (Å²) in [6.45, 7) is 5.99. The molecule has 1 aliphatic heterocycles. The van der Waals surface area contributed by atoms with Crippen LogP contribution in [-0.4, -0.2) is 47.8 Å². The third kappa shape index (κ3) is 3.32. The Morgan fingerprint density at radius 3 is 2.85 bits per heavy atom. The second-order valence-electron chi connectivity index (χ2n) is 3.70. The normalized spacial score (nSPS) is 24.1. The highest BCUT2D eigenvalue weighted by atomic mass is 16.5. The van der Waals surface area contributed by atoms with Crippen molar-refractivity contribution < 1.29 is 14.6 Å². The van der Waals surface area contributed by atoms with Gasteiger partial charge in [-0.15, -0.1) is 0 Å². The molecular formula is C9H17NO3. The number of hydrogen-bond acceptors (Lipinski definition) is 3. The first kappa shape index (κ1) is 10.5. The smallest absolute Gasteiger partial charge is 0.329 e. The van der Waals surface area contributed by atoms with Gasteiger partial charge in [0, 0.05) is 19.1 Å². The highest BCUT2D eigenvalue weighted by Crippen LogP contribution is 2.14. The number of carbonyl (C=O) groups is 1. The van der Waals surface area contributed by atoms with Crippen molar-refractivity contribution in [2.75, 3.05) is 19.7 Å². The largest absolute Gasteiger partial charge is 0.480 e. The number of aliphatic carboxylic acids is 1. The summed E-state index contributed by atoms with van der Waals surface area (Å²) in [5.41, 5.74) is 0. The predicted molar refractivity (Wildman–Crippen MR) is 48.7 cm³/mol. The fourth-order valence-corrected chi connectivity index (χ4v) is 1.55. The van der Waals surface area contributed by atoms with Crippen molar-refractivity contribution in [3.8, 4) is 0 Å². The number of likely N-dealkylation sites (tertiary alicyclic amines) is 1. The lowest BCUT2D eigenvalue weighted by molar-refractivity contribution is -0.144. The van der Waals surface area contributed by atoms with Crippen molar-refractivity contribution in [1.29, 1.82) is 0 Å². The van der Waals surface area contributed by atoms with Gasteiger partial charge < -0.3 is 9.84 Å². The van der Waals surface area contributed by atoms with Crippen LogP contribution in [0.3, 0.4) is 0 Å². The van der Waals surface area contributed by atoms with E-state index in [0.29, 0.717) is 6.04 Å². The zero-order chi connectivity index (χ0) is 9.84. The van der Waals surface area contributed by atoms with Gasteiger partial charge in [-0.25, -0.2) is 4.79 Å². The summed E-state index contributed by atoms with van der Waals surface area (Å²) in [6.07, 6.45) is 1.06. The molecule has 13 heavy (non-hydrogen) atoms. The molecule has 0 aliphatic carbocycles. The second kappa shape index (κ2) is 4.58. The fourth-order valence-electron chi connectivity index (χ4n) is 1.55. The minimum absolute atomic E-state index is 0.110. The van der Waals surface area contributed by atoms with Crippen molar-refractivity contribution in [3.05, 3.63) is 0 Å². The average Bonchev–Trinajstić information content (AvgIpc) is 2.48. The zero-order valence-corrected chi connectivity index (χ0v) is 8.19. The summed E-state index contributed by atoms with van der Waals surface area (Å²) in [7, 11) is 0. The van der Waals surface area contributed by atoms with Gasteiger partial charge in [0.05, 0.1) is 6.10 Å². The van der Waals surface area contributed by atoms with Crippen LogP contribution in [0.1, 0.15) is 20.3 Å². The van der Waals surface area contributed by atoms with E-state index in [2.05, 4.69) is 18.7 Å². The molecule has 1 heterocycles. The highest BCUT2D eigenvalue weighted by Gasteiger charge is 2.24. The number of rotatable bonds is 4. The van der Waals surface area contributed by atoms with Crippen molar-refractivity contribution in [2.24, 2.45) is 0 Å². The molecule has 0 aromatic heterocycles. The molecule has 1 fully saturated rings. The third-order valence-electron chi connectivity index (χ3n) is 2.35. The monoisotopic (exact) mass is 187 g/mol. The zero-order valence-electron chi connectivity index (χ0n) is 8.19. The molecule has 4 heteroatoms. The van der Waals surface area contributed by atoms with Crippen LogP contribution < -0.4 is 0 Å². The van der Waals surface area contributed by atoms with E-state index in [1.54, 1.807) is 0 Å². The van der Waals surface area contributed by atoms with Gasteiger partial charge in [-0.1, -0.05) is 0 Å². The van der Waals surface area contributed by atoms with Gasteiger partial charge >= 0.3 is 5.97 Å². The Bertz CT molecular complexity index is 182. The molecule has 1 unspecified atom stereocenters. The molecule has 1 atom stereocenters. The summed E-state index contributed by atoms with van der Waals surface area (Å²) >= 11 is 0. The Kier molecular flexibility index (Phi) is 3.69. The molecule has 1 rings (SSSR count). The predicted octanol–water partition coefficient (Wildman–Crippen LogP) is 0.570. The van der Waals surface area contributed by atoms with Gasteiger partial charge in [0.25, 0.3) is 0 Å². The van der Waals surface area contributed by atoms with Gasteiger partial charge in [0.1, 0.15) is 6.61 Å². The van der Waals surface area contributed by atoms with E-state index in [0.717, 1.165) is 19.5 Å². The first-order chi connectivity index (χ1) is 6.09. The second-order valence-corrected chi connectivity index (χ2v) is 3.70. The lowest BCUT2D eigenvalue weighted by atomic mass is 10.3. The molecule has 1 N–H and O–H groups in total. The van der Waals surface area contributed by atoms with Crippen LogP contribution in [0.25, 0.3) is 0 Å². The van der Waals surface area contributed by atoms with E-state index in [1.807, 2.05) is 0 Å². The van der Waals surface area contributed by atoms with Gasteiger partial charge in [-0.05, 0) is 20.3 Å². The fraction of sp³-hybridized carbons (Fsp3) is 0.889. The molecule has 4 nitrogen and oxygen atoms in total. The van der Waals surface area contributed by atoms with Gasteiger partial charge in [0.2, 0.25) is 0 Å². The number of hydrogen-bond donors (Lipinski definition) is 1. The van der Waals surface area contributed by atoms with Crippen LogP contribution in [0, 0.1) is 0 Å². The highest BCUT2D eigenvalue weighted by molar-refractivity contribution is 5.68. The molecule has 0 spiro atoms. The van der Waals surface area contributed by atoms with E-state index in [9.17, 15) is 4.79 Å². The molecule has 76 valence electrons. The molecule has 0 aromatic carbocycles. The van der Waals surface area contributed by atoms with E-state index in [4.69, 9.17) is 9.84 Å². The van der Waals surface area contributed by atoms with Crippen LogP contribution in [0.4, 0.5) is 0 Å². The summed E-state index contributed by atoms with van der Waals surface area (Å²) in [5.74, 6) is -0.886. The Morgan fingerprint density at radius 2 is 2.38 bits per heavy atom. The minimum Gasteiger partial charge on any atom is -0.480 e. The quantitative estimate of drug-likeness (QED) is 0.699. The SMILES string of the molecule is CC(C)N1CCC(OCC(=O)O)C1. The topological polar surface area (TPSA) is 49.8 Å². The Hall–Kier alpha value is -0.610. The van der Waals surface area contributed by atoms with Crippen molar-refractivity contribution in [2.45, 2.75) is 32.4 Å². The van der Waals surface area contributed by atoms with Crippen LogP contribution in [0.15, 0.2) is 0 Å². The number of carboxylic acid groups (broad SMARTS) is 1. The summed E-state index contributed by atoms with van der Waals surface area (Å²) < 4.78 is 5.20. The summed E-state index contributed by atoms with van der Waals surface area (Å²) in [6, 6.07) is 0.526. The molecule has 0 aromatic rings. The minimum atomic E-state index is -0.886. The van der Waals surface area contributed by atoms with E-state index < -0.39 is 5.97 Å². The van der Waals surface area contributed by atoms with Crippen molar-refractivity contribution in [1.82, 2.24) is 4.90 Å². The van der Waals surface area contributed by atoms with Crippen LogP contribution in [0.2, 0.25) is 0 Å². The molecule has 0 bridgehead atoms. The van der Waals surface area contributed by atoms with E-state index in [1.165, 1.54) is 0 Å². The molecule has 1 saturated heterocycles. The Balaban J connectivity index is 2.21. The maximum Gasteiger partial charge on any atom is 0.329 e. The number of carboxylic acids is 1. The first-order valence-electron chi connectivity index (χ1n) is 4.67. The standard InChI is InChI=1S/C9H17NO3/c1-7(2)10-4-3-8(5-10)13-6-9(11)12/h7-8H,3-6H2,1-2H3,(H,11,12). The third-order valence-corrected chi connectivity index (χ3v) is 2.35. The summed E-state index contributed by atoms with van der Waals surface area (Å²) in [5, 5.41) is 8.41. The molecule has 0 amide bonds. The maximum absolute atomic E-state index is 10.2. The maximum atomic E-state index is 10.2. The Morgan fingerprint density at radius 1 is 1.69 bits per heavy atom. The molecule has 1 aliphatic rings. The van der Waals surface area contributed by atoms with Gasteiger partial charge in [0.15, 0.2) is 0 Å². The van der Waals surface area contributed by atoms with Gasteiger partial charge in [-0.2, -0.15) is 0 Å². The van der Waals surface area contributed by atoms with Crippen molar-refractivity contribution >= 4 is 5.97 Å².